The zero-order chi connectivity index (χ0) is 22.7. The van der Waals surface area contributed by atoms with Crippen molar-refractivity contribution in [2.75, 3.05) is 0 Å². The number of fused-ring (bicyclic) bond motifs is 5. The van der Waals surface area contributed by atoms with Gasteiger partial charge in [0.25, 0.3) is 0 Å². The molecule has 1 heterocycles. The molecule has 0 spiro atoms. The average molecular weight is 461 g/mol. The summed E-state index contributed by atoms with van der Waals surface area (Å²) in [5, 5.41) is 35.3. The topological polar surface area (TPSA) is 60.7 Å². The Bertz CT molecular complexity index is 791. The van der Waals surface area contributed by atoms with Crippen LogP contribution in [0.5, 0.6) is 0 Å². The lowest BCUT2D eigenvalue weighted by molar-refractivity contribution is -0.179. The summed E-state index contributed by atoms with van der Waals surface area (Å²) in [7, 11) is 0. The van der Waals surface area contributed by atoms with Crippen LogP contribution in [0.4, 0.5) is 0 Å². The molecule has 32 heavy (non-hydrogen) atoms. The first kappa shape index (κ1) is 23.3. The molecule has 5 rings (SSSR count). The van der Waals surface area contributed by atoms with Crippen LogP contribution in [-0.2, 0) is 6.42 Å². The molecule has 0 amide bonds. The predicted molar refractivity (Wildman–Crippen MR) is 130 cm³/mol. The van der Waals surface area contributed by atoms with E-state index in [1.165, 1.54) is 24.1 Å². The van der Waals surface area contributed by atoms with Crippen LogP contribution in [0.2, 0.25) is 0 Å². The van der Waals surface area contributed by atoms with Crippen molar-refractivity contribution >= 4 is 11.3 Å². The van der Waals surface area contributed by atoms with E-state index in [0.29, 0.717) is 23.7 Å². The first-order valence-corrected chi connectivity index (χ1v) is 14.1. The van der Waals surface area contributed by atoms with E-state index in [2.05, 4.69) is 38.3 Å². The zero-order valence-corrected chi connectivity index (χ0v) is 21.1. The fraction of sp³-hybridized carbons (Fsp3) is 0.857. The summed E-state index contributed by atoms with van der Waals surface area (Å²) in [6.07, 6.45) is 10.9. The molecule has 0 aliphatic heterocycles. The molecule has 4 saturated carbocycles. The first-order chi connectivity index (χ1) is 15.1. The van der Waals surface area contributed by atoms with Crippen molar-refractivity contribution in [1.82, 2.24) is 0 Å². The van der Waals surface area contributed by atoms with Crippen LogP contribution in [0.1, 0.15) is 89.9 Å². The van der Waals surface area contributed by atoms with E-state index in [1.807, 2.05) is 11.3 Å². The smallest absolute Gasteiger partial charge is 0.0653 e. The highest BCUT2D eigenvalue weighted by Gasteiger charge is 2.63. The Kier molecular flexibility index (Phi) is 6.09. The number of hydrogen-bond donors (Lipinski definition) is 3. The zero-order valence-electron chi connectivity index (χ0n) is 20.3. The maximum atomic E-state index is 11.7. The minimum absolute atomic E-state index is 0.171. The molecule has 4 fully saturated rings. The van der Waals surface area contributed by atoms with Gasteiger partial charge in [-0.1, -0.05) is 19.9 Å². The van der Waals surface area contributed by atoms with Crippen molar-refractivity contribution in [1.29, 1.82) is 0 Å². The molecular formula is C28H44O3S. The van der Waals surface area contributed by atoms with E-state index in [0.717, 1.165) is 51.4 Å². The Morgan fingerprint density at radius 2 is 1.75 bits per heavy atom. The standard InChI is InChI=1S/C28H44O3S/c1-26-13-10-18(29)16-23(26)24(30)17-20-21-8-9-25(27(21,2)14-11-22(20)26)28(3,31)12-4-6-19-7-5-15-32-19/h5,7,15,18,20-25,29-31H,4,6,8-14,16-17H2,1-3H3/t18-,20-,21-,22-,23+,24-,25-,26+,27-,28?/m0/s1. The van der Waals surface area contributed by atoms with Crippen LogP contribution >= 0.6 is 11.3 Å². The molecule has 3 nitrogen and oxygen atoms in total. The van der Waals surface area contributed by atoms with E-state index in [1.54, 1.807) is 0 Å². The molecule has 0 bridgehead atoms. The number of aliphatic hydroxyl groups is 3. The molecule has 0 radical (unpaired) electrons. The third kappa shape index (κ3) is 3.72. The third-order valence-corrected chi connectivity index (χ3v) is 12.0. The second-order valence-corrected chi connectivity index (χ2v) is 13.7. The van der Waals surface area contributed by atoms with Crippen LogP contribution in [0.15, 0.2) is 17.5 Å². The van der Waals surface area contributed by atoms with Gasteiger partial charge in [0.15, 0.2) is 0 Å². The quantitative estimate of drug-likeness (QED) is 0.519. The van der Waals surface area contributed by atoms with E-state index in [4.69, 9.17) is 0 Å². The lowest BCUT2D eigenvalue weighted by atomic mass is 9.43. The second-order valence-electron chi connectivity index (χ2n) is 12.7. The molecule has 1 aromatic rings. The highest BCUT2D eigenvalue weighted by atomic mass is 32.1. The average Bonchev–Trinajstić information content (AvgIpc) is 3.37. The molecule has 10 atom stereocenters. The molecule has 1 unspecified atom stereocenters. The Balaban J connectivity index is 1.32. The fourth-order valence-corrected chi connectivity index (χ4v) is 10.3. The highest BCUT2D eigenvalue weighted by molar-refractivity contribution is 7.09. The fourth-order valence-electron chi connectivity index (χ4n) is 9.55. The van der Waals surface area contributed by atoms with Gasteiger partial charge >= 0.3 is 0 Å². The van der Waals surface area contributed by atoms with E-state index in [9.17, 15) is 15.3 Å². The predicted octanol–water partition coefficient (Wildman–Crippen LogP) is 5.81. The maximum Gasteiger partial charge on any atom is 0.0653 e. The van der Waals surface area contributed by atoms with Gasteiger partial charge in [0.05, 0.1) is 17.8 Å². The summed E-state index contributed by atoms with van der Waals surface area (Å²) in [5.41, 5.74) is -0.253. The van der Waals surface area contributed by atoms with E-state index >= 15 is 0 Å². The number of hydrogen-bond acceptors (Lipinski definition) is 4. The van der Waals surface area contributed by atoms with Gasteiger partial charge < -0.3 is 15.3 Å². The van der Waals surface area contributed by atoms with Gasteiger partial charge in [-0.15, -0.1) is 11.3 Å². The van der Waals surface area contributed by atoms with Crippen LogP contribution < -0.4 is 0 Å². The molecule has 0 saturated heterocycles. The lowest BCUT2D eigenvalue weighted by Crippen LogP contribution is -2.59. The van der Waals surface area contributed by atoms with Crippen molar-refractivity contribution in [3.63, 3.8) is 0 Å². The Hall–Kier alpha value is -0.420. The molecule has 0 aromatic carbocycles. The Morgan fingerprint density at radius 3 is 2.50 bits per heavy atom. The van der Waals surface area contributed by atoms with Crippen molar-refractivity contribution in [3.8, 4) is 0 Å². The van der Waals surface area contributed by atoms with E-state index in [-0.39, 0.29) is 29.0 Å². The molecule has 1 aromatic heterocycles. The summed E-state index contributed by atoms with van der Waals surface area (Å²) >= 11 is 1.82. The third-order valence-electron chi connectivity index (χ3n) is 11.1. The minimum Gasteiger partial charge on any atom is -0.393 e. The molecule has 4 aliphatic rings. The molecule has 3 N–H and O–H groups in total. The van der Waals surface area contributed by atoms with Gasteiger partial charge in [-0.3, -0.25) is 0 Å². The summed E-state index contributed by atoms with van der Waals surface area (Å²) in [6.45, 7) is 7.02. The largest absolute Gasteiger partial charge is 0.393 e. The number of thiophene rings is 1. The van der Waals surface area contributed by atoms with Crippen molar-refractivity contribution in [2.45, 2.75) is 109 Å². The second kappa shape index (κ2) is 8.36. The summed E-state index contributed by atoms with van der Waals surface area (Å²) in [4.78, 5) is 1.42. The van der Waals surface area contributed by atoms with Crippen molar-refractivity contribution < 1.29 is 15.3 Å². The van der Waals surface area contributed by atoms with Gasteiger partial charge in [-0.05, 0) is 129 Å². The van der Waals surface area contributed by atoms with Crippen molar-refractivity contribution in [2.24, 2.45) is 40.4 Å². The normalized spacial score (nSPS) is 47.9. The monoisotopic (exact) mass is 460 g/mol. The molecule has 4 heteroatoms. The SMILES string of the molecule is CC(O)(CCCc1cccs1)[C@H]1CC[C@H]2[C@@H]3C[C@H](O)[C@H]4C[C@@H](O)CC[C@]4(C)[C@H]3CC[C@]12C. The van der Waals surface area contributed by atoms with Crippen molar-refractivity contribution in [3.05, 3.63) is 22.4 Å². The molecule has 180 valence electrons. The molecular weight excluding hydrogens is 416 g/mol. The summed E-state index contributed by atoms with van der Waals surface area (Å²) < 4.78 is 0. The van der Waals surface area contributed by atoms with E-state index < -0.39 is 5.60 Å². The van der Waals surface area contributed by atoms with Crippen LogP contribution in [-0.4, -0.2) is 33.1 Å². The molecule has 4 aliphatic carbocycles. The number of aliphatic hydroxyl groups excluding tert-OH is 2. The maximum absolute atomic E-state index is 11.7. The Morgan fingerprint density at radius 1 is 1.00 bits per heavy atom. The highest BCUT2D eigenvalue weighted by Crippen LogP contribution is 2.68. The lowest BCUT2D eigenvalue weighted by Gasteiger charge is -2.62. The Labute approximate surface area is 198 Å². The minimum atomic E-state index is -0.609. The van der Waals surface area contributed by atoms with Crippen LogP contribution in [0.25, 0.3) is 0 Å². The first-order valence-electron chi connectivity index (χ1n) is 13.3. The summed E-state index contributed by atoms with van der Waals surface area (Å²) in [6, 6.07) is 4.33. The van der Waals surface area contributed by atoms with Gasteiger partial charge in [0.1, 0.15) is 0 Å². The van der Waals surface area contributed by atoms with Gasteiger partial charge in [-0.25, -0.2) is 0 Å². The summed E-state index contributed by atoms with van der Waals surface area (Å²) in [5.74, 6) is 2.49. The number of rotatable bonds is 5. The van der Waals surface area contributed by atoms with Crippen LogP contribution in [0, 0.1) is 40.4 Å². The van der Waals surface area contributed by atoms with Gasteiger partial charge in [0, 0.05) is 4.88 Å². The van der Waals surface area contributed by atoms with Gasteiger partial charge in [-0.2, -0.15) is 0 Å². The van der Waals surface area contributed by atoms with Gasteiger partial charge in [0.2, 0.25) is 0 Å². The van der Waals surface area contributed by atoms with Crippen LogP contribution in [0.3, 0.4) is 0 Å². The number of aryl methyl sites for hydroxylation is 1.